The van der Waals surface area contributed by atoms with Crippen molar-refractivity contribution in [3.63, 3.8) is 0 Å². The quantitative estimate of drug-likeness (QED) is 0.878. The van der Waals surface area contributed by atoms with Crippen LogP contribution >= 0.6 is 11.3 Å². The zero-order valence-electron chi connectivity index (χ0n) is 13.4. The summed E-state index contributed by atoms with van der Waals surface area (Å²) in [5.74, 6) is -0.0284. The minimum absolute atomic E-state index is 0.0240. The average molecular weight is 350 g/mol. The number of piperidine rings is 1. The topological polar surface area (TPSA) is 104 Å². The predicted molar refractivity (Wildman–Crippen MR) is 87.0 cm³/mol. The second kappa shape index (κ2) is 6.03. The number of likely N-dealkylation sites (tertiary alicyclic amines) is 1. The number of carboxylic acid groups (broad SMARTS) is 1. The van der Waals surface area contributed by atoms with E-state index in [9.17, 15) is 14.7 Å². The van der Waals surface area contributed by atoms with Crippen molar-refractivity contribution in [2.24, 2.45) is 0 Å². The molecule has 1 aliphatic rings. The SMILES string of the molecule is Cc1ccc(-c2nc(C)c(C(=O)N3CCC(O)(C(=O)O)CC3)s2)o1. The summed E-state index contributed by atoms with van der Waals surface area (Å²) < 4.78 is 5.54. The third-order valence-corrected chi connectivity index (χ3v) is 5.38. The van der Waals surface area contributed by atoms with Crippen LogP contribution in [-0.4, -0.2) is 50.7 Å². The van der Waals surface area contributed by atoms with Gasteiger partial charge in [-0.05, 0) is 26.0 Å². The van der Waals surface area contributed by atoms with Gasteiger partial charge in [-0.1, -0.05) is 0 Å². The Balaban J connectivity index is 1.77. The molecule has 1 saturated heterocycles. The highest BCUT2D eigenvalue weighted by Crippen LogP contribution is 2.31. The van der Waals surface area contributed by atoms with Gasteiger partial charge in [-0.15, -0.1) is 11.3 Å². The standard InChI is InChI=1S/C16H18N2O5S/c1-9-3-4-11(23-9)13-17-10(2)12(24-13)14(19)18-7-5-16(22,6-8-18)15(20)21/h3-4,22H,5-8H2,1-2H3,(H,20,21). The van der Waals surface area contributed by atoms with E-state index in [4.69, 9.17) is 9.52 Å². The Kier molecular flexibility index (Phi) is 4.18. The minimum Gasteiger partial charge on any atom is -0.479 e. The summed E-state index contributed by atoms with van der Waals surface area (Å²) >= 11 is 1.26. The number of amides is 1. The maximum Gasteiger partial charge on any atom is 0.335 e. The summed E-state index contributed by atoms with van der Waals surface area (Å²) in [6.45, 7) is 4.01. The predicted octanol–water partition coefficient (Wildman–Crippen LogP) is 2.07. The van der Waals surface area contributed by atoms with E-state index in [0.717, 1.165) is 5.76 Å². The zero-order valence-corrected chi connectivity index (χ0v) is 14.2. The minimum atomic E-state index is -1.74. The number of aromatic nitrogens is 1. The Morgan fingerprint density at radius 2 is 1.96 bits per heavy atom. The van der Waals surface area contributed by atoms with E-state index in [1.165, 1.54) is 11.3 Å². The number of carbonyl (C=O) groups excluding carboxylic acids is 1. The molecule has 1 fully saturated rings. The second-order valence-electron chi connectivity index (χ2n) is 5.97. The van der Waals surface area contributed by atoms with Crippen molar-refractivity contribution in [3.8, 4) is 10.8 Å². The maximum atomic E-state index is 12.7. The number of aryl methyl sites for hydroxylation is 2. The number of hydrogen-bond donors (Lipinski definition) is 2. The summed E-state index contributed by atoms with van der Waals surface area (Å²) in [6.07, 6.45) is 0.0479. The average Bonchev–Trinajstić information content (AvgIpc) is 3.13. The maximum absolute atomic E-state index is 12.7. The number of thiazole rings is 1. The molecule has 0 bridgehead atoms. The summed E-state index contributed by atoms with van der Waals surface area (Å²) in [7, 11) is 0. The molecule has 0 unspecified atom stereocenters. The summed E-state index contributed by atoms with van der Waals surface area (Å²) in [4.78, 5) is 30.2. The highest BCUT2D eigenvalue weighted by molar-refractivity contribution is 7.17. The van der Waals surface area contributed by atoms with Gasteiger partial charge in [0.2, 0.25) is 0 Å². The molecule has 1 aliphatic heterocycles. The van der Waals surface area contributed by atoms with Crippen LogP contribution in [0.25, 0.3) is 10.8 Å². The lowest BCUT2D eigenvalue weighted by molar-refractivity contribution is -0.162. The van der Waals surface area contributed by atoms with Crippen LogP contribution in [0.4, 0.5) is 0 Å². The Bertz CT molecular complexity index is 786. The lowest BCUT2D eigenvalue weighted by Crippen LogP contribution is -2.50. The van der Waals surface area contributed by atoms with Gasteiger partial charge < -0.3 is 19.5 Å². The smallest absolute Gasteiger partial charge is 0.335 e. The summed E-state index contributed by atoms with van der Waals surface area (Å²) in [5, 5.41) is 19.7. The molecular formula is C16H18N2O5S. The normalized spacial score (nSPS) is 17.0. The van der Waals surface area contributed by atoms with Crippen LogP contribution in [0.1, 0.15) is 34.0 Å². The lowest BCUT2D eigenvalue weighted by Gasteiger charge is -2.35. The third kappa shape index (κ3) is 2.94. The molecule has 7 nitrogen and oxygen atoms in total. The van der Waals surface area contributed by atoms with Gasteiger partial charge in [0.15, 0.2) is 16.4 Å². The van der Waals surface area contributed by atoms with E-state index in [2.05, 4.69) is 4.98 Å². The molecule has 2 aromatic rings. The number of nitrogens with zero attached hydrogens (tertiary/aromatic N) is 2. The largest absolute Gasteiger partial charge is 0.479 e. The Hall–Kier alpha value is -2.19. The number of furan rings is 1. The first-order valence-electron chi connectivity index (χ1n) is 7.59. The molecule has 3 heterocycles. The van der Waals surface area contributed by atoms with Gasteiger partial charge in [-0.25, -0.2) is 9.78 Å². The van der Waals surface area contributed by atoms with E-state index in [0.29, 0.717) is 21.3 Å². The van der Waals surface area contributed by atoms with Crippen LogP contribution in [-0.2, 0) is 4.79 Å². The molecule has 0 atom stereocenters. The van der Waals surface area contributed by atoms with Crippen LogP contribution in [0, 0.1) is 13.8 Å². The summed E-state index contributed by atoms with van der Waals surface area (Å²) in [6, 6.07) is 3.65. The Morgan fingerprint density at radius 3 is 2.50 bits per heavy atom. The highest BCUT2D eigenvalue weighted by Gasteiger charge is 2.41. The van der Waals surface area contributed by atoms with Gasteiger partial charge in [-0.3, -0.25) is 4.79 Å². The Labute approximate surface area is 142 Å². The molecule has 0 aromatic carbocycles. The van der Waals surface area contributed by atoms with E-state index in [-0.39, 0.29) is 31.8 Å². The first-order chi connectivity index (χ1) is 11.3. The lowest BCUT2D eigenvalue weighted by atomic mass is 9.91. The third-order valence-electron chi connectivity index (χ3n) is 4.22. The fourth-order valence-electron chi connectivity index (χ4n) is 2.69. The monoisotopic (exact) mass is 350 g/mol. The molecule has 0 spiro atoms. The van der Waals surface area contributed by atoms with Crippen molar-refractivity contribution in [3.05, 3.63) is 28.5 Å². The molecule has 3 rings (SSSR count). The van der Waals surface area contributed by atoms with E-state index in [1.807, 2.05) is 19.1 Å². The first-order valence-corrected chi connectivity index (χ1v) is 8.41. The molecule has 2 N–H and O–H groups in total. The van der Waals surface area contributed by atoms with Crippen LogP contribution in [0.3, 0.4) is 0 Å². The molecule has 0 aliphatic carbocycles. The fraction of sp³-hybridized carbons (Fsp3) is 0.438. The second-order valence-corrected chi connectivity index (χ2v) is 6.97. The number of hydrogen-bond acceptors (Lipinski definition) is 6. The van der Waals surface area contributed by atoms with Crippen LogP contribution in [0.5, 0.6) is 0 Å². The fourth-order valence-corrected chi connectivity index (χ4v) is 3.68. The van der Waals surface area contributed by atoms with E-state index in [1.54, 1.807) is 11.8 Å². The van der Waals surface area contributed by atoms with Gasteiger partial charge in [-0.2, -0.15) is 0 Å². The number of rotatable bonds is 3. The number of aliphatic hydroxyl groups is 1. The highest BCUT2D eigenvalue weighted by atomic mass is 32.1. The van der Waals surface area contributed by atoms with Gasteiger partial charge in [0.05, 0.1) is 5.69 Å². The molecule has 2 aromatic heterocycles. The molecule has 0 saturated carbocycles. The van der Waals surface area contributed by atoms with E-state index < -0.39 is 11.6 Å². The van der Waals surface area contributed by atoms with Gasteiger partial charge >= 0.3 is 5.97 Å². The number of carboxylic acids is 1. The van der Waals surface area contributed by atoms with Crippen LogP contribution in [0.2, 0.25) is 0 Å². The van der Waals surface area contributed by atoms with Gasteiger partial charge in [0.1, 0.15) is 10.6 Å². The van der Waals surface area contributed by atoms with Crippen LogP contribution in [0.15, 0.2) is 16.5 Å². The van der Waals surface area contributed by atoms with Crippen molar-refractivity contribution < 1.29 is 24.2 Å². The first kappa shape index (κ1) is 16.7. The molecule has 0 radical (unpaired) electrons. The number of carbonyl (C=O) groups is 2. The van der Waals surface area contributed by atoms with Gasteiger partial charge in [0, 0.05) is 25.9 Å². The van der Waals surface area contributed by atoms with Crippen molar-refractivity contribution in [2.75, 3.05) is 13.1 Å². The van der Waals surface area contributed by atoms with E-state index >= 15 is 0 Å². The van der Waals surface area contributed by atoms with Crippen molar-refractivity contribution in [1.29, 1.82) is 0 Å². The molecular weight excluding hydrogens is 332 g/mol. The summed E-state index contributed by atoms with van der Waals surface area (Å²) in [5.41, 5.74) is -1.12. The van der Waals surface area contributed by atoms with Crippen molar-refractivity contribution in [2.45, 2.75) is 32.3 Å². The molecule has 8 heteroatoms. The van der Waals surface area contributed by atoms with Crippen LogP contribution < -0.4 is 0 Å². The Morgan fingerprint density at radius 1 is 1.29 bits per heavy atom. The molecule has 128 valence electrons. The van der Waals surface area contributed by atoms with Crippen molar-refractivity contribution in [1.82, 2.24) is 9.88 Å². The van der Waals surface area contributed by atoms with Gasteiger partial charge in [0.25, 0.3) is 5.91 Å². The van der Waals surface area contributed by atoms with Crippen molar-refractivity contribution >= 4 is 23.2 Å². The molecule has 24 heavy (non-hydrogen) atoms. The molecule has 1 amide bonds. The number of aliphatic carboxylic acids is 1. The zero-order chi connectivity index (χ0) is 17.5.